The number of nitrogens with zero attached hydrogens (tertiary/aromatic N) is 1. The summed E-state index contributed by atoms with van der Waals surface area (Å²) in [5.41, 5.74) is 2.74. The van der Waals surface area contributed by atoms with Gasteiger partial charge in [0.2, 0.25) is 0 Å². The van der Waals surface area contributed by atoms with Gasteiger partial charge in [0.25, 0.3) is 0 Å². The summed E-state index contributed by atoms with van der Waals surface area (Å²) >= 11 is 0. The number of allylic oxidation sites excluding steroid dienone is 2. The number of hydrogen-bond acceptors (Lipinski definition) is 2. The molecule has 21 heavy (non-hydrogen) atoms. The molecule has 0 aromatic heterocycles. The molecular weight excluding hydrogens is 262 g/mol. The van der Waals surface area contributed by atoms with Gasteiger partial charge in [0, 0.05) is 5.69 Å². The van der Waals surface area contributed by atoms with E-state index in [1.54, 1.807) is 4.90 Å². The molecule has 1 atom stereocenters. The van der Waals surface area contributed by atoms with Crippen molar-refractivity contribution in [2.24, 2.45) is 0 Å². The largest absolute Gasteiger partial charge is 0.441 e. The van der Waals surface area contributed by atoms with Crippen molar-refractivity contribution < 1.29 is 9.53 Å². The molecule has 0 spiro atoms. The van der Waals surface area contributed by atoms with Crippen molar-refractivity contribution in [2.45, 2.75) is 39.7 Å². The molecular formula is C18H23NO2. The van der Waals surface area contributed by atoms with E-state index in [-0.39, 0.29) is 11.7 Å². The van der Waals surface area contributed by atoms with Crippen LogP contribution in [0, 0.1) is 0 Å². The molecule has 1 aliphatic heterocycles. The Kier molecular flexibility index (Phi) is 4.51. The number of carbonyl (C=O) groups is 1. The van der Waals surface area contributed by atoms with E-state index in [9.17, 15) is 4.79 Å². The maximum absolute atomic E-state index is 12.1. The lowest BCUT2D eigenvalue weighted by Gasteiger charge is -2.19. The van der Waals surface area contributed by atoms with Crippen molar-refractivity contribution in [1.29, 1.82) is 0 Å². The van der Waals surface area contributed by atoms with Crippen LogP contribution in [0.25, 0.3) is 12.2 Å². The summed E-state index contributed by atoms with van der Waals surface area (Å²) in [4.78, 5) is 13.8. The lowest BCUT2D eigenvalue weighted by molar-refractivity contribution is 0.0692. The van der Waals surface area contributed by atoms with Gasteiger partial charge in [0.05, 0.1) is 6.54 Å². The van der Waals surface area contributed by atoms with Crippen molar-refractivity contribution in [1.82, 2.24) is 0 Å². The number of ether oxygens (including phenoxy) is 1. The molecule has 0 saturated carbocycles. The highest BCUT2D eigenvalue weighted by atomic mass is 16.6. The molecule has 112 valence electrons. The van der Waals surface area contributed by atoms with Gasteiger partial charge in [0.15, 0.2) is 0 Å². The minimum absolute atomic E-state index is 0.260. The quantitative estimate of drug-likeness (QED) is 0.789. The van der Waals surface area contributed by atoms with Crippen molar-refractivity contribution in [3.8, 4) is 0 Å². The molecule has 1 aliphatic rings. The fourth-order valence-corrected chi connectivity index (χ4v) is 2.46. The van der Waals surface area contributed by atoms with Crippen LogP contribution in [0.5, 0.6) is 0 Å². The Bertz CT molecular complexity index is 589. The number of anilines is 1. The van der Waals surface area contributed by atoms with Gasteiger partial charge in [-0.15, -0.1) is 0 Å². The molecule has 0 aliphatic carbocycles. The number of amides is 1. The lowest BCUT2D eigenvalue weighted by atomic mass is 10.0. The Balaban J connectivity index is 2.37. The molecule has 0 radical (unpaired) electrons. The van der Waals surface area contributed by atoms with Gasteiger partial charge >= 0.3 is 6.09 Å². The number of carbonyl (C=O) groups excluding carboxylic acids is 1. The maximum atomic E-state index is 12.1. The van der Waals surface area contributed by atoms with Crippen molar-refractivity contribution >= 4 is 23.9 Å². The maximum Gasteiger partial charge on any atom is 0.415 e. The Labute approximate surface area is 126 Å². The summed E-state index contributed by atoms with van der Waals surface area (Å²) < 4.78 is 5.50. The first kappa shape index (κ1) is 15.4. The number of cyclic esters (lactones) is 1. The van der Waals surface area contributed by atoms with Crippen LogP contribution in [-0.4, -0.2) is 18.2 Å². The minimum Gasteiger partial charge on any atom is -0.441 e. The van der Waals surface area contributed by atoms with E-state index < -0.39 is 0 Å². The molecule has 0 N–H and O–H groups in total. The van der Waals surface area contributed by atoms with Gasteiger partial charge in [-0.25, -0.2) is 4.79 Å². The smallest absolute Gasteiger partial charge is 0.415 e. The normalized spacial score (nSPS) is 22.5. The summed E-state index contributed by atoms with van der Waals surface area (Å²) in [5, 5.41) is 0. The Hall–Kier alpha value is -2.03. The first-order chi connectivity index (χ1) is 10.0. The standard InChI is InChI=1S/C18H23NO2/c1-5-8-14-10-11-16(12-15(14)9-6-2)19-13-18(4,7-3)21-17(19)20/h5-6,8-12H,7,13H2,1-4H3/b8-5-,9-6-. The summed E-state index contributed by atoms with van der Waals surface area (Å²) in [5.74, 6) is 0. The van der Waals surface area contributed by atoms with Crippen LogP contribution in [0.15, 0.2) is 30.4 Å². The third-order valence-corrected chi connectivity index (χ3v) is 3.87. The van der Waals surface area contributed by atoms with Crippen LogP contribution in [-0.2, 0) is 4.74 Å². The van der Waals surface area contributed by atoms with Crippen LogP contribution >= 0.6 is 0 Å². The Morgan fingerprint density at radius 1 is 1.24 bits per heavy atom. The zero-order valence-electron chi connectivity index (χ0n) is 13.2. The number of rotatable bonds is 4. The van der Waals surface area contributed by atoms with Gasteiger partial charge in [-0.3, -0.25) is 4.90 Å². The van der Waals surface area contributed by atoms with E-state index in [4.69, 9.17) is 4.74 Å². The second-order valence-corrected chi connectivity index (χ2v) is 5.57. The Morgan fingerprint density at radius 3 is 2.48 bits per heavy atom. The average molecular weight is 285 g/mol. The SMILES string of the molecule is C/C=C\c1ccc(N2CC(C)(CC)OC2=O)cc1/C=C\C. The van der Waals surface area contributed by atoms with Crippen molar-refractivity contribution in [2.75, 3.05) is 11.4 Å². The average Bonchev–Trinajstić information content (AvgIpc) is 2.77. The molecule has 0 bridgehead atoms. The van der Waals surface area contributed by atoms with E-state index in [0.29, 0.717) is 6.54 Å². The van der Waals surface area contributed by atoms with Gasteiger partial charge in [0.1, 0.15) is 5.60 Å². The molecule has 1 aromatic rings. The number of hydrogen-bond donors (Lipinski definition) is 0. The van der Waals surface area contributed by atoms with Crippen molar-refractivity contribution in [3.05, 3.63) is 41.5 Å². The first-order valence-corrected chi connectivity index (χ1v) is 7.43. The summed E-state index contributed by atoms with van der Waals surface area (Å²) in [7, 11) is 0. The molecule has 1 aromatic carbocycles. The van der Waals surface area contributed by atoms with E-state index in [1.807, 2.05) is 58.0 Å². The molecule has 1 unspecified atom stereocenters. The predicted molar refractivity (Wildman–Crippen MR) is 88.4 cm³/mol. The van der Waals surface area contributed by atoms with Crippen LogP contribution in [0.2, 0.25) is 0 Å². The number of benzene rings is 1. The zero-order valence-corrected chi connectivity index (χ0v) is 13.2. The van der Waals surface area contributed by atoms with Crippen LogP contribution in [0.1, 0.15) is 45.2 Å². The van der Waals surface area contributed by atoms with E-state index in [2.05, 4.69) is 12.2 Å². The van der Waals surface area contributed by atoms with E-state index in [1.165, 1.54) is 0 Å². The fraction of sp³-hybridized carbons (Fsp3) is 0.389. The van der Waals surface area contributed by atoms with E-state index >= 15 is 0 Å². The molecule has 1 saturated heterocycles. The highest BCUT2D eigenvalue weighted by Crippen LogP contribution is 2.31. The van der Waals surface area contributed by atoms with Gasteiger partial charge in [-0.2, -0.15) is 0 Å². The monoisotopic (exact) mass is 285 g/mol. The van der Waals surface area contributed by atoms with Crippen molar-refractivity contribution in [3.63, 3.8) is 0 Å². The summed E-state index contributed by atoms with van der Waals surface area (Å²) in [6.07, 6.45) is 8.69. The summed E-state index contributed by atoms with van der Waals surface area (Å²) in [6.45, 7) is 8.60. The van der Waals surface area contributed by atoms with Gasteiger partial charge < -0.3 is 4.74 Å². The lowest BCUT2D eigenvalue weighted by Crippen LogP contribution is -2.30. The molecule has 1 heterocycles. The predicted octanol–water partition coefficient (Wildman–Crippen LogP) is 4.88. The topological polar surface area (TPSA) is 29.5 Å². The molecule has 2 rings (SSSR count). The molecule has 1 fully saturated rings. The third kappa shape index (κ3) is 3.18. The van der Waals surface area contributed by atoms with Crippen LogP contribution in [0.3, 0.4) is 0 Å². The van der Waals surface area contributed by atoms with Crippen LogP contribution < -0.4 is 4.90 Å². The van der Waals surface area contributed by atoms with Gasteiger partial charge in [-0.1, -0.05) is 37.3 Å². The molecule has 1 amide bonds. The second kappa shape index (κ2) is 6.17. The van der Waals surface area contributed by atoms with Crippen LogP contribution in [0.4, 0.5) is 10.5 Å². The fourth-order valence-electron chi connectivity index (χ4n) is 2.46. The first-order valence-electron chi connectivity index (χ1n) is 7.43. The minimum atomic E-state index is -0.389. The highest BCUT2D eigenvalue weighted by molar-refractivity contribution is 5.91. The third-order valence-electron chi connectivity index (χ3n) is 3.87. The Morgan fingerprint density at radius 2 is 1.90 bits per heavy atom. The zero-order chi connectivity index (χ0) is 15.5. The van der Waals surface area contributed by atoms with Gasteiger partial charge in [-0.05, 0) is 50.5 Å². The molecule has 3 heteroatoms. The van der Waals surface area contributed by atoms with E-state index in [0.717, 1.165) is 23.2 Å². The highest BCUT2D eigenvalue weighted by Gasteiger charge is 2.40. The summed E-state index contributed by atoms with van der Waals surface area (Å²) in [6, 6.07) is 6.06. The molecule has 3 nitrogen and oxygen atoms in total. The second-order valence-electron chi connectivity index (χ2n) is 5.57.